The molecule has 0 aliphatic carbocycles. The van der Waals surface area contributed by atoms with Gasteiger partial charge in [0.2, 0.25) is 0 Å². The van der Waals surface area contributed by atoms with Crippen molar-refractivity contribution in [3.8, 4) is 0 Å². The third-order valence-electron chi connectivity index (χ3n) is 3.27. The maximum atomic E-state index is 5.78. The van der Waals surface area contributed by atoms with Gasteiger partial charge in [0.05, 0.1) is 6.61 Å². The quantitative estimate of drug-likeness (QED) is 0.827. The fourth-order valence-electron chi connectivity index (χ4n) is 2.30. The van der Waals surface area contributed by atoms with E-state index in [-0.39, 0.29) is 6.23 Å². The second-order valence-electron chi connectivity index (χ2n) is 4.56. The Hall–Kier alpha value is -2.06. The number of nitrogens with zero attached hydrogens (tertiary/aromatic N) is 1. The minimum absolute atomic E-state index is 0.0302. The van der Waals surface area contributed by atoms with E-state index in [9.17, 15) is 0 Å². The van der Waals surface area contributed by atoms with Gasteiger partial charge in [-0.1, -0.05) is 54.6 Å². The van der Waals surface area contributed by atoms with Crippen LogP contribution >= 0.6 is 0 Å². The summed E-state index contributed by atoms with van der Waals surface area (Å²) < 4.78 is 5.78. The average Bonchev–Trinajstić information content (AvgIpc) is 2.95. The molecule has 0 saturated carbocycles. The predicted molar refractivity (Wildman–Crippen MR) is 79.0 cm³/mol. The summed E-state index contributed by atoms with van der Waals surface area (Å²) >= 11 is 0. The third-order valence-corrected chi connectivity index (χ3v) is 3.27. The van der Waals surface area contributed by atoms with E-state index in [0.717, 1.165) is 13.2 Å². The third kappa shape index (κ3) is 2.85. The highest BCUT2D eigenvalue weighted by atomic mass is 16.5. The Kier molecular flexibility index (Phi) is 3.61. The van der Waals surface area contributed by atoms with E-state index in [1.807, 2.05) is 24.3 Å². The van der Waals surface area contributed by atoms with Gasteiger partial charge in [-0.3, -0.25) is 0 Å². The molecule has 0 N–H and O–H groups in total. The van der Waals surface area contributed by atoms with Crippen LogP contribution in [0, 0.1) is 0 Å². The van der Waals surface area contributed by atoms with Gasteiger partial charge in [0.15, 0.2) is 0 Å². The summed E-state index contributed by atoms with van der Waals surface area (Å²) in [6, 6.07) is 20.7. The molecule has 96 valence electrons. The molecule has 1 aliphatic heterocycles. The summed E-state index contributed by atoms with van der Waals surface area (Å²) in [7, 11) is 0. The molecule has 1 heterocycles. The van der Waals surface area contributed by atoms with E-state index < -0.39 is 0 Å². The molecule has 0 aromatic heterocycles. The fourth-order valence-corrected chi connectivity index (χ4v) is 2.30. The SMILES string of the molecule is C(=CC1OCCN1c1ccccc1)c1ccccc1. The second-order valence-corrected chi connectivity index (χ2v) is 4.56. The van der Waals surface area contributed by atoms with Gasteiger partial charge in [0, 0.05) is 12.2 Å². The van der Waals surface area contributed by atoms with Gasteiger partial charge in [0.25, 0.3) is 0 Å². The highest BCUT2D eigenvalue weighted by Crippen LogP contribution is 2.22. The van der Waals surface area contributed by atoms with Crippen LogP contribution in [0.2, 0.25) is 0 Å². The lowest BCUT2D eigenvalue weighted by molar-refractivity contribution is 0.148. The zero-order chi connectivity index (χ0) is 12.9. The summed E-state index contributed by atoms with van der Waals surface area (Å²) in [4.78, 5) is 2.28. The normalized spacial score (nSPS) is 19.2. The van der Waals surface area contributed by atoms with Crippen LogP contribution in [0.25, 0.3) is 6.08 Å². The summed E-state index contributed by atoms with van der Waals surface area (Å²) in [5.74, 6) is 0. The van der Waals surface area contributed by atoms with Gasteiger partial charge in [-0.15, -0.1) is 0 Å². The highest BCUT2D eigenvalue weighted by Gasteiger charge is 2.22. The van der Waals surface area contributed by atoms with E-state index in [4.69, 9.17) is 4.74 Å². The molecule has 0 radical (unpaired) electrons. The summed E-state index contributed by atoms with van der Waals surface area (Å²) in [5.41, 5.74) is 2.41. The van der Waals surface area contributed by atoms with Gasteiger partial charge >= 0.3 is 0 Å². The van der Waals surface area contributed by atoms with Crippen molar-refractivity contribution in [3.63, 3.8) is 0 Å². The Morgan fingerprint density at radius 2 is 1.63 bits per heavy atom. The van der Waals surface area contributed by atoms with E-state index in [1.165, 1.54) is 11.3 Å². The highest BCUT2D eigenvalue weighted by molar-refractivity contribution is 5.53. The first-order chi connectivity index (χ1) is 9.43. The first kappa shape index (κ1) is 12.0. The number of para-hydroxylation sites is 1. The van der Waals surface area contributed by atoms with E-state index >= 15 is 0 Å². The Balaban J connectivity index is 1.75. The van der Waals surface area contributed by atoms with Crippen molar-refractivity contribution in [3.05, 3.63) is 72.3 Å². The number of hydrogen-bond acceptors (Lipinski definition) is 2. The Bertz CT molecular complexity index is 536. The molecular formula is C17H17NO. The van der Waals surface area contributed by atoms with Crippen LogP contribution in [0.1, 0.15) is 5.56 Å². The molecule has 3 rings (SSSR count). The van der Waals surface area contributed by atoms with Crippen LogP contribution in [-0.4, -0.2) is 19.4 Å². The van der Waals surface area contributed by atoms with Crippen LogP contribution in [0.3, 0.4) is 0 Å². The van der Waals surface area contributed by atoms with Gasteiger partial charge in [-0.25, -0.2) is 0 Å². The summed E-state index contributed by atoms with van der Waals surface area (Å²) in [6.45, 7) is 1.71. The van der Waals surface area contributed by atoms with Crippen molar-refractivity contribution in [2.45, 2.75) is 6.23 Å². The summed E-state index contributed by atoms with van der Waals surface area (Å²) in [6.07, 6.45) is 4.27. The van der Waals surface area contributed by atoms with Crippen LogP contribution in [0.4, 0.5) is 5.69 Å². The fraction of sp³-hybridized carbons (Fsp3) is 0.176. The minimum atomic E-state index is 0.0302. The topological polar surface area (TPSA) is 12.5 Å². The average molecular weight is 251 g/mol. The van der Waals surface area contributed by atoms with E-state index in [0.29, 0.717) is 0 Å². The molecule has 19 heavy (non-hydrogen) atoms. The van der Waals surface area contributed by atoms with Crippen LogP contribution in [0.5, 0.6) is 0 Å². The number of rotatable bonds is 3. The Morgan fingerprint density at radius 3 is 2.37 bits per heavy atom. The molecule has 0 amide bonds. The van der Waals surface area contributed by atoms with Crippen LogP contribution in [-0.2, 0) is 4.74 Å². The van der Waals surface area contributed by atoms with Gasteiger partial charge in [-0.05, 0) is 23.8 Å². The van der Waals surface area contributed by atoms with E-state index in [1.54, 1.807) is 0 Å². The van der Waals surface area contributed by atoms with Crippen molar-refractivity contribution >= 4 is 11.8 Å². The molecule has 1 unspecified atom stereocenters. The van der Waals surface area contributed by atoms with Gasteiger partial charge in [-0.2, -0.15) is 0 Å². The molecule has 1 saturated heterocycles. The van der Waals surface area contributed by atoms with Crippen LogP contribution in [0.15, 0.2) is 66.7 Å². The monoisotopic (exact) mass is 251 g/mol. The lowest BCUT2D eigenvalue weighted by Gasteiger charge is -2.22. The molecule has 1 fully saturated rings. The van der Waals surface area contributed by atoms with Gasteiger partial charge in [0.1, 0.15) is 6.23 Å². The molecule has 1 aliphatic rings. The standard InChI is InChI=1S/C17H17NO/c1-3-7-15(8-4-1)11-12-17-18(13-14-19-17)16-9-5-2-6-10-16/h1-12,17H,13-14H2. The Labute approximate surface area is 113 Å². The molecule has 1 atom stereocenters. The molecule has 2 heteroatoms. The molecule has 0 spiro atoms. The lowest BCUT2D eigenvalue weighted by atomic mass is 10.2. The smallest absolute Gasteiger partial charge is 0.149 e. The zero-order valence-corrected chi connectivity index (χ0v) is 10.8. The zero-order valence-electron chi connectivity index (χ0n) is 10.8. The first-order valence-electron chi connectivity index (χ1n) is 6.60. The van der Waals surface area contributed by atoms with Crippen LogP contribution < -0.4 is 4.90 Å². The Morgan fingerprint density at radius 1 is 0.947 bits per heavy atom. The number of anilines is 1. The number of ether oxygens (including phenoxy) is 1. The molecule has 2 nitrogen and oxygen atoms in total. The van der Waals surface area contributed by atoms with Crippen molar-refractivity contribution in [2.75, 3.05) is 18.1 Å². The van der Waals surface area contributed by atoms with Crippen molar-refractivity contribution < 1.29 is 4.74 Å². The molecule has 0 bridgehead atoms. The maximum absolute atomic E-state index is 5.78. The molecular weight excluding hydrogens is 234 g/mol. The van der Waals surface area contributed by atoms with Crippen molar-refractivity contribution in [2.24, 2.45) is 0 Å². The summed E-state index contributed by atoms with van der Waals surface area (Å²) in [5, 5.41) is 0. The minimum Gasteiger partial charge on any atom is -0.353 e. The molecule has 2 aromatic carbocycles. The lowest BCUT2D eigenvalue weighted by Crippen LogP contribution is -2.28. The molecule has 2 aromatic rings. The largest absolute Gasteiger partial charge is 0.353 e. The van der Waals surface area contributed by atoms with Crippen molar-refractivity contribution in [1.29, 1.82) is 0 Å². The first-order valence-corrected chi connectivity index (χ1v) is 6.60. The second kappa shape index (κ2) is 5.72. The van der Waals surface area contributed by atoms with E-state index in [2.05, 4.69) is 53.5 Å². The number of benzene rings is 2. The predicted octanol–water partition coefficient (Wildman–Crippen LogP) is 3.56. The number of hydrogen-bond donors (Lipinski definition) is 0. The van der Waals surface area contributed by atoms with Crippen molar-refractivity contribution in [1.82, 2.24) is 0 Å². The maximum Gasteiger partial charge on any atom is 0.149 e. The van der Waals surface area contributed by atoms with Gasteiger partial charge < -0.3 is 9.64 Å².